The zero-order chi connectivity index (χ0) is 14.3. The van der Waals surface area contributed by atoms with Gasteiger partial charge < -0.3 is 9.84 Å². The van der Waals surface area contributed by atoms with Gasteiger partial charge in [-0.1, -0.05) is 43.3 Å². The van der Waals surface area contributed by atoms with E-state index in [2.05, 4.69) is 0 Å². The molecule has 0 spiro atoms. The Morgan fingerprint density at radius 1 is 1.37 bits per heavy atom. The van der Waals surface area contributed by atoms with Crippen molar-refractivity contribution < 1.29 is 14.6 Å². The van der Waals surface area contributed by atoms with E-state index in [4.69, 9.17) is 4.74 Å². The lowest BCUT2D eigenvalue weighted by molar-refractivity contribution is -0.152. The molecule has 0 heterocycles. The lowest BCUT2D eigenvalue weighted by atomic mass is 9.98. The largest absolute Gasteiger partial charge is 0.461 e. The van der Waals surface area contributed by atoms with Crippen LogP contribution in [0.3, 0.4) is 0 Å². The molecule has 0 amide bonds. The van der Waals surface area contributed by atoms with Gasteiger partial charge in [0.25, 0.3) is 0 Å². The number of rotatable bonds is 6. The third kappa shape index (κ3) is 4.87. The Labute approximate surface area is 114 Å². The van der Waals surface area contributed by atoms with Gasteiger partial charge in [0.05, 0.1) is 12.0 Å². The summed E-state index contributed by atoms with van der Waals surface area (Å²) in [5, 5.41) is 10.0. The molecule has 0 aromatic heterocycles. The number of hydrogen-bond donors (Lipinski definition) is 1. The van der Waals surface area contributed by atoms with E-state index in [0.29, 0.717) is 0 Å². The molecule has 3 nitrogen and oxygen atoms in total. The van der Waals surface area contributed by atoms with Gasteiger partial charge in [0.15, 0.2) is 0 Å². The Kier molecular flexibility index (Phi) is 6.30. The first-order valence-electron chi connectivity index (χ1n) is 6.61. The molecule has 1 N–H and O–H groups in total. The molecule has 2 unspecified atom stereocenters. The molecule has 2 atom stereocenters. The molecule has 19 heavy (non-hydrogen) atoms. The van der Waals surface area contributed by atoms with E-state index < -0.39 is 12.0 Å². The van der Waals surface area contributed by atoms with E-state index in [9.17, 15) is 9.90 Å². The Hall–Kier alpha value is -1.61. The summed E-state index contributed by atoms with van der Waals surface area (Å²) in [6.45, 7) is 5.75. The fourth-order valence-electron chi connectivity index (χ4n) is 1.83. The highest BCUT2D eigenvalue weighted by Gasteiger charge is 2.24. The Morgan fingerprint density at radius 2 is 2.00 bits per heavy atom. The molecule has 0 bridgehead atoms. The van der Waals surface area contributed by atoms with Gasteiger partial charge in [-0.15, -0.1) is 0 Å². The van der Waals surface area contributed by atoms with Crippen molar-refractivity contribution in [2.24, 2.45) is 5.92 Å². The van der Waals surface area contributed by atoms with E-state index in [0.717, 1.165) is 17.6 Å². The molecule has 0 aliphatic heterocycles. The molecule has 0 aliphatic carbocycles. The van der Waals surface area contributed by atoms with Crippen LogP contribution in [0.25, 0.3) is 0 Å². The van der Waals surface area contributed by atoms with E-state index >= 15 is 0 Å². The number of benzene rings is 1. The summed E-state index contributed by atoms with van der Waals surface area (Å²) in [6, 6.07) is 9.51. The van der Waals surface area contributed by atoms with E-state index in [1.807, 2.05) is 50.3 Å². The van der Waals surface area contributed by atoms with Gasteiger partial charge in [-0.3, -0.25) is 4.79 Å². The lowest BCUT2D eigenvalue weighted by Gasteiger charge is -2.18. The summed E-state index contributed by atoms with van der Waals surface area (Å²) >= 11 is 0. The second-order valence-electron chi connectivity index (χ2n) is 4.68. The van der Waals surface area contributed by atoms with E-state index in [1.165, 1.54) is 0 Å². The Morgan fingerprint density at radius 3 is 2.58 bits per heavy atom. The van der Waals surface area contributed by atoms with Gasteiger partial charge >= 0.3 is 5.97 Å². The zero-order valence-corrected chi connectivity index (χ0v) is 11.8. The molecule has 1 aromatic rings. The fraction of sp³-hybridized carbons (Fsp3) is 0.438. The van der Waals surface area contributed by atoms with Crippen LogP contribution in [-0.2, 0) is 16.1 Å². The van der Waals surface area contributed by atoms with Crippen LogP contribution in [0, 0.1) is 5.92 Å². The zero-order valence-electron chi connectivity index (χ0n) is 11.8. The normalized spacial score (nSPS) is 14.8. The highest BCUT2D eigenvalue weighted by atomic mass is 16.5. The minimum atomic E-state index is -0.775. The lowest BCUT2D eigenvalue weighted by Crippen LogP contribution is -2.28. The maximum Gasteiger partial charge on any atom is 0.311 e. The molecule has 0 fully saturated rings. The number of carbonyl (C=O) groups is 1. The van der Waals surface area contributed by atoms with Crippen molar-refractivity contribution in [2.45, 2.75) is 39.9 Å². The third-order valence-corrected chi connectivity index (χ3v) is 3.06. The molecule has 1 aromatic carbocycles. The monoisotopic (exact) mass is 262 g/mol. The van der Waals surface area contributed by atoms with Crippen LogP contribution in [0.2, 0.25) is 0 Å². The van der Waals surface area contributed by atoms with Gasteiger partial charge in [-0.05, 0) is 31.4 Å². The van der Waals surface area contributed by atoms with Gasteiger partial charge in [0.1, 0.15) is 6.61 Å². The van der Waals surface area contributed by atoms with Crippen LogP contribution >= 0.6 is 0 Å². The van der Waals surface area contributed by atoms with Crippen LogP contribution < -0.4 is 0 Å². The summed E-state index contributed by atoms with van der Waals surface area (Å²) in [4.78, 5) is 11.9. The van der Waals surface area contributed by atoms with E-state index in [1.54, 1.807) is 6.92 Å². The third-order valence-electron chi connectivity index (χ3n) is 3.06. The SMILES string of the molecule is CC/C=C(\C)C(O)C(C)C(=O)OCc1ccccc1. The number of ether oxygens (including phenoxy) is 1. The molecular weight excluding hydrogens is 240 g/mol. The first-order valence-corrected chi connectivity index (χ1v) is 6.61. The first kappa shape index (κ1) is 15.4. The van der Waals surface area contributed by atoms with Crippen LogP contribution in [0.5, 0.6) is 0 Å². The van der Waals surface area contributed by atoms with Crippen molar-refractivity contribution in [1.29, 1.82) is 0 Å². The number of allylic oxidation sites excluding steroid dienone is 1. The Balaban J connectivity index is 2.51. The van der Waals surface area contributed by atoms with Crippen molar-refractivity contribution in [3.05, 3.63) is 47.5 Å². The summed E-state index contributed by atoms with van der Waals surface area (Å²) in [5.41, 5.74) is 1.75. The Bertz CT molecular complexity index is 423. The second-order valence-corrected chi connectivity index (χ2v) is 4.68. The van der Waals surface area contributed by atoms with Gasteiger partial charge in [-0.2, -0.15) is 0 Å². The van der Waals surface area contributed by atoms with E-state index in [-0.39, 0.29) is 12.6 Å². The summed E-state index contributed by atoms with van der Waals surface area (Å²) in [7, 11) is 0. The maximum absolute atomic E-state index is 11.9. The maximum atomic E-state index is 11.9. The number of aliphatic hydroxyl groups excluding tert-OH is 1. The smallest absolute Gasteiger partial charge is 0.311 e. The van der Waals surface area contributed by atoms with Gasteiger partial charge in [-0.25, -0.2) is 0 Å². The summed E-state index contributed by atoms with van der Waals surface area (Å²) in [6.07, 6.45) is 1.99. The minimum Gasteiger partial charge on any atom is -0.461 e. The van der Waals surface area contributed by atoms with Crippen LogP contribution in [0.4, 0.5) is 0 Å². The molecule has 0 aliphatic rings. The molecule has 3 heteroatoms. The van der Waals surface area contributed by atoms with Crippen molar-refractivity contribution in [3.63, 3.8) is 0 Å². The summed E-state index contributed by atoms with van der Waals surface area (Å²) in [5.74, 6) is -0.924. The quantitative estimate of drug-likeness (QED) is 0.633. The number of carbonyl (C=O) groups excluding carboxylic acids is 1. The predicted molar refractivity (Wildman–Crippen MR) is 75.5 cm³/mol. The molecule has 0 saturated heterocycles. The van der Waals surface area contributed by atoms with Crippen LogP contribution in [-0.4, -0.2) is 17.2 Å². The topological polar surface area (TPSA) is 46.5 Å². The highest BCUT2D eigenvalue weighted by molar-refractivity contribution is 5.73. The molecule has 0 radical (unpaired) electrons. The van der Waals surface area contributed by atoms with Crippen molar-refractivity contribution in [3.8, 4) is 0 Å². The van der Waals surface area contributed by atoms with Crippen LogP contribution in [0.1, 0.15) is 32.8 Å². The first-order chi connectivity index (χ1) is 9.06. The van der Waals surface area contributed by atoms with Gasteiger partial charge in [0, 0.05) is 0 Å². The number of hydrogen-bond acceptors (Lipinski definition) is 3. The highest BCUT2D eigenvalue weighted by Crippen LogP contribution is 2.15. The predicted octanol–water partition coefficient (Wildman–Crippen LogP) is 3.08. The minimum absolute atomic E-state index is 0.243. The van der Waals surface area contributed by atoms with Crippen molar-refractivity contribution in [1.82, 2.24) is 0 Å². The van der Waals surface area contributed by atoms with Crippen molar-refractivity contribution in [2.75, 3.05) is 0 Å². The number of esters is 1. The molecular formula is C16H22O3. The fourth-order valence-corrected chi connectivity index (χ4v) is 1.83. The standard InChI is InChI=1S/C16H22O3/c1-4-8-12(2)15(17)13(3)16(18)19-11-14-9-6-5-7-10-14/h5-10,13,15,17H,4,11H2,1-3H3/b12-8+. The number of aliphatic hydroxyl groups is 1. The molecule has 104 valence electrons. The van der Waals surface area contributed by atoms with Crippen LogP contribution in [0.15, 0.2) is 42.0 Å². The average Bonchev–Trinajstić information content (AvgIpc) is 2.44. The molecule has 0 saturated carbocycles. The molecule has 1 rings (SSSR count). The van der Waals surface area contributed by atoms with Gasteiger partial charge in [0.2, 0.25) is 0 Å². The summed E-state index contributed by atoms with van der Waals surface area (Å²) < 4.78 is 5.21. The second kappa shape index (κ2) is 7.74. The average molecular weight is 262 g/mol. The van der Waals surface area contributed by atoms with Crippen molar-refractivity contribution >= 4 is 5.97 Å².